The Balaban J connectivity index is 0.00000306. The molecular formula is C24H28N2NaO6S2-. The van der Waals surface area contributed by atoms with Crippen LogP contribution in [0.4, 0.5) is 11.4 Å². The molecular weight excluding hydrogens is 499 g/mol. The van der Waals surface area contributed by atoms with E-state index in [1.54, 1.807) is 0 Å². The van der Waals surface area contributed by atoms with E-state index in [2.05, 4.69) is 0 Å². The molecule has 0 N–H and O–H groups in total. The molecule has 11 heteroatoms. The second-order valence-electron chi connectivity index (χ2n) is 8.01. The van der Waals surface area contributed by atoms with Gasteiger partial charge in [0.05, 0.1) is 9.79 Å². The van der Waals surface area contributed by atoms with Gasteiger partial charge in [0.15, 0.2) is 0 Å². The minimum Gasteiger partial charge on any atom is -0.744 e. The van der Waals surface area contributed by atoms with Crippen LogP contribution in [0.3, 0.4) is 0 Å². The van der Waals surface area contributed by atoms with Crippen molar-refractivity contribution in [1.82, 2.24) is 0 Å². The molecule has 0 aliphatic heterocycles. The van der Waals surface area contributed by atoms with E-state index < -0.39 is 35.9 Å². The first-order valence-electron chi connectivity index (χ1n) is 9.89. The summed E-state index contributed by atoms with van der Waals surface area (Å²) in [5.41, 5.74) is 3.32. The van der Waals surface area contributed by atoms with Gasteiger partial charge >= 0.3 is 29.6 Å². The maximum atomic E-state index is 12.1. The van der Waals surface area contributed by atoms with Crippen LogP contribution >= 0.6 is 0 Å². The van der Waals surface area contributed by atoms with E-state index in [4.69, 9.17) is 0 Å². The van der Waals surface area contributed by atoms with Crippen LogP contribution in [0, 0.1) is 0 Å². The fourth-order valence-electron chi connectivity index (χ4n) is 3.61. The molecule has 0 bridgehead atoms. The Labute approximate surface area is 230 Å². The summed E-state index contributed by atoms with van der Waals surface area (Å²) in [4.78, 5) is 2.31. The standard InChI is InChI=1S/C23H26N2O6S2.CH4.Na/c1-24(2)18-9-5-16(6-10-18)23(17-7-11-19(12-8-17)25(3)4)21-14-13-20(32(26,27)28)15-22(21)33(29,30)31;;/h5-15,23H,1-4H3,(H,26,27,28)(H,29,30,31);1H4;/q;;+1/p-2. The largest absolute Gasteiger partial charge is 1.00 e. The van der Waals surface area contributed by atoms with Gasteiger partial charge in [0.25, 0.3) is 0 Å². The van der Waals surface area contributed by atoms with Crippen molar-refractivity contribution in [2.24, 2.45) is 0 Å². The van der Waals surface area contributed by atoms with E-state index in [1.165, 1.54) is 6.07 Å². The minimum absolute atomic E-state index is 0. The van der Waals surface area contributed by atoms with Crippen LogP contribution in [0.1, 0.15) is 30.0 Å². The molecule has 0 saturated carbocycles. The molecule has 0 radical (unpaired) electrons. The van der Waals surface area contributed by atoms with Crippen LogP contribution in [0.2, 0.25) is 0 Å². The molecule has 0 unspecified atom stereocenters. The van der Waals surface area contributed by atoms with Crippen LogP contribution < -0.4 is 39.4 Å². The molecule has 0 aromatic heterocycles. The molecule has 0 heterocycles. The fourth-order valence-corrected chi connectivity index (χ4v) is 4.92. The molecule has 0 fully saturated rings. The Morgan fingerprint density at radius 1 is 0.657 bits per heavy atom. The van der Waals surface area contributed by atoms with Gasteiger partial charge in [0.2, 0.25) is 0 Å². The van der Waals surface area contributed by atoms with Crippen LogP contribution in [0.5, 0.6) is 0 Å². The molecule has 0 saturated heterocycles. The molecule has 3 rings (SSSR count). The Bertz CT molecular complexity index is 1300. The van der Waals surface area contributed by atoms with Crippen LogP contribution in [-0.2, 0) is 20.2 Å². The van der Waals surface area contributed by atoms with Crippen molar-refractivity contribution in [1.29, 1.82) is 0 Å². The zero-order valence-corrected chi connectivity index (χ0v) is 23.2. The van der Waals surface area contributed by atoms with Gasteiger partial charge in [-0.2, -0.15) is 0 Å². The molecule has 0 spiro atoms. The smallest absolute Gasteiger partial charge is 0.744 e. The summed E-state index contributed by atoms with van der Waals surface area (Å²) in [6.07, 6.45) is 0. The van der Waals surface area contributed by atoms with E-state index in [1.807, 2.05) is 86.5 Å². The molecule has 0 atom stereocenters. The predicted octanol–water partition coefficient (Wildman–Crippen LogP) is 0.447. The third-order valence-corrected chi connectivity index (χ3v) is 7.06. The Kier molecular flexibility index (Phi) is 10.6. The van der Waals surface area contributed by atoms with Crippen LogP contribution in [-0.4, -0.2) is 54.1 Å². The number of rotatable bonds is 7. The molecule has 35 heavy (non-hydrogen) atoms. The van der Waals surface area contributed by atoms with Gasteiger partial charge in [0, 0.05) is 45.5 Å². The maximum absolute atomic E-state index is 12.1. The van der Waals surface area contributed by atoms with E-state index in [9.17, 15) is 25.9 Å². The van der Waals surface area contributed by atoms with Crippen molar-refractivity contribution in [3.8, 4) is 0 Å². The molecule has 8 nitrogen and oxygen atoms in total. The first-order chi connectivity index (χ1) is 15.3. The second-order valence-corrected chi connectivity index (χ2v) is 10.7. The van der Waals surface area contributed by atoms with Crippen molar-refractivity contribution in [2.75, 3.05) is 38.0 Å². The summed E-state index contributed by atoms with van der Waals surface area (Å²) in [5, 5.41) is 0. The number of benzene rings is 3. The first-order valence-corrected chi connectivity index (χ1v) is 12.7. The van der Waals surface area contributed by atoms with Crippen LogP contribution in [0.15, 0.2) is 76.5 Å². The summed E-state index contributed by atoms with van der Waals surface area (Å²) >= 11 is 0. The first kappa shape index (κ1) is 31.1. The second kappa shape index (κ2) is 11.9. The van der Waals surface area contributed by atoms with E-state index in [0.29, 0.717) is 17.2 Å². The number of hydrogen-bond donors (Lipinski definition) is 0. The van der Waals surface area contributed by atoms with E-state index in [0.717, 1.165) is 17.4 Å². The summed E-state index contributed by atoms with van der Waals surface area (Å²) in [5.74, 6) is -0.695. The zero-order valence-electron chi connectivity index (χ0n) is 19.6. The van der Waals surface area contributed by atoms with Crippen molar-refractivity contribution < 1.29 is 55.5 Å². The summed E-state index contributed by atoms with van der Waals surface area (Å²) in [7, 11) is -2.50. The zero-order chi connectivity index (χ0) is 24.6. The van der Waals surface area contributed by atoms with E-state index in [-0.39, 0.29) is 42.5 Å². The summed E-state index contributed by atoms with van der Waals surface area (Å²) in [6.45, 7) is 0. The summed E-state index contributed by atoms with van der Waals surface area (Å²) in [6, 6.07) is 17.6. The van der Waals surface area contributed by atoms with E-state index >= 15 is 0 Å². The predicted molar refractivity (Wildman–Crippen MR) is 132 cm³/mol. The molecule has 0 aliphatic rings. The average Bonchev–Trinajstić information content (AvgIpc) is 2.73. The minimum atomic E-state index is -5.09. The Morgan fingerprint density at radius 2 is 1.06 bits per heavy atom. The average molecular weight is 528 g/mol. The normalized spacial score (nSPS) is 11.4. The van der Waals surface area contributed by atoms with Crippen molar-refractivity contribution in [3.63, 3.8) is 0 Å². The van der Waals surface area contributed by atoms with Gasteiger partial charge < -0.3 is 18.9 Å². The maximum Gasteiger partial charge on any atom is 1.00 e. The Hall–Kier alpha value is -1.92. The summed E-state index contributed by atoms with van der Waals surface area (Å²) < 4.78 is 70.8. The van der Waals surface area contributed by atoms with Crippen LogP contribution in [0.25, 0.3) is 0 Å². The fraction of sp³-hybridized carbons (Fsp3) is 0.250. The van der Waals surface area contributed by atoms with Gasteiger partial charge in [-0.05, 0) is 53.1 Å². The third-order valence-electron chi connectivity index (χ3n) is 5.34. The number of hydrogen-bond acceptors (Lipinski definition) is 8. The third kappa shape index (κ3) is 7.29. The molecule has 0 amide bonds. The van der Waals surface area contributed by atoms with Gasteiger partial charge in [-0.25, -0.2) is 16.8 Å². The Morgan fingerprint density at radius 3 is 1.37 bits per heavy atom. The topological polar surface area (TPSA) is 121 Å². The molecule has 184 valence electrons. The van der Waals surface area contributed by atoms with Gasteiger partial charge in [-0.3, -0.25) is 0 Å². The monoisotopic (exact) mass is 527 g/mol. The number of anilines is 2. The SMILES string of the molecule is C.CN(C)c1ccc(C(c2ccc(N(C)C)cc2)c2ccc(S(=O)(=O)[O-])cc2S(=O)(=O)[O-])cc1.[Na+]. The van der Waals surface area contributed by atoms with Gasteiger partial charge in [-0.1, -0.05) is 37.8 Å². The van der Waals surface area contributed by atoms with Crippen molar-refractivity contribution in [3.05, 3.63) is 83.4 Å². The molecule has 3 aromatic carbocycles. The van der Waals surface area contributed by atoms with Gasteiger partial charge in [-0.15, -0.1) is 0 Å². The number of nitrogens with zero attached hydrogens (tertiary/aromatic N) is 2. The quantitative estimate of drug-likeness (QED) is 0.247. The van der Waals surface area contributed by atoms with Gasteiger partial charge in [0.1, 0.15) is 20.2 Å². The molecule has 3 aromatic rings. The van der Waals surface area contributed by atoms with Crippen molar-refractivity contribution in [2.45, 2.75) is 23.1 Å². The molecule has 0 aliphatic carbocycles. The van der Waals surface area contributed by atoms with Crippen molar-refractivity contribution >= 4 is 31.6 Å².